The van der Waals surface area contributed by atoms with Crippen molar-refractivity contribution in [2.24, 2.45) is 5.92 Å². The van der Waals surface area contributed by atoms with Gasteiger partial charge in [0, 0.05) is 46.8 Å². The van der Waals surface area contributed by atoms with E-state index < -0.39 is 0 Å². The number of rotatable bonds is 7. The number of nitrogens with one attached hydrogen (secondary N) is 2. The maximum atomic E-state index is 13.1. The molecule has 3 aromatic rings. The highest BCUT2D eigenvalue weighted by molar-refractivity contribution is 6.10. The number of fused-ring (bicyclic) bond motifs is 1. The minimum atomic E-state index is -0.263. The Hall–Kier alpha value is -2.79. The molecule has 0 saturated heterocycles. The number of pyridine rings is 1. The molecule has 0 spiro atoms. The van der Waals surface area contributed by atoms with Crippen LogP contribution in [0.2, 0.25) is 0 Å². The second kappa shape index (κ2) is 8.27. The van der Waals surface area contributed by atoms with E-state index in [2.05, 4.69) is 17.2 Å². The molecule has 0 aliphatic heterocycles. The standard InChI is InChI=1S/C22H24FN3O/c1-4-15(13-27-3)22(24)20-11-14(2)25-21-12-18(9-10-19(20)21)26-17-7-5-16(23)6-8-17/h5-12,15,24,26H,4,13H2,1-3H3/t15-/m1/s1. The number of methoxy groups -OCH3 is 1. The molecule has 2 N–H and O–H groups in total. The molecule has 0 radical (unpaired) electrons. The van der Waals surface area contributed by atoms with Gasteiger partial charge in [0.05, 0.1) is 12.1 Å². The SMILES string of the molecule is CC[C@H](COC)C(=N)c1cc(C)nc2cc(Nc3ccc(F)cc3)ccc12. The second-order valence-electron chi connectivity index (χ2n) is 6.65. The lowest BCUT2D eigenvalue weighted by Gasteiger charge is -2.18. The number of aromatic nitrogens is 1. The third-order valence-electron chi connectivity index (χ3n) is 4.63. The Morgan fingerprint density at radius 3 is 2.52 bits per heavy atom. The van der Waals surface area contributed by atoms with Gasteiger partial charge in [-0.25, -0.2) is 4.39 Å². The average molecular weight is 365 g/mol. The third-order valence-corrected chi connectivity index (χ3v) is 4.63. The summed E-state index contributed by atoms with van der Waals surface area (Å²) in [6.07, 6.45) is 0.847. The molecule has 140 valence electrons. The molecule has 0 aliphatic rings. The zero-order valence-electron chi connectivity index (χ0n) is 15.8. The molecule has 0 saturated carbocycles. The fourth-order valence-corrected chi connectivity index (χ4v) is 3.19. The van der Waals surface area contributed by atoms with E-state index in [0.29, 0.717) is 12.3 Å². The Bertz CT molecular complexity index is 954. The van der Waals surface area contributed by atoms with E-state index in [1.54, 1.807) is 19.2 Å². The first kappa shape index (κ1) is 19.0. The quantitative estimate of drug-likeness (QED) is 0.546. The first-order valence-electron chi connectivity index (χ1n) is 9.03. The van der Waals surface area contributed by atoms with Gasteiger partial charge in [0.15, 0.2) is 0 Å². The Morgan fingerprint density at radius 2 is 1.85 bits per heavy atom. The number of halogens is 1. The van der Waals surface area contributed by atoms with Crippen molar-refractivity contribution in [1.82, 2.24) is 4.98 Å². The Kier molecular flexibility index (Phi) is 5.81. The molecule has 2 aromatic carbocycles. The number of hydrogen-bond donors (Lipinski definition) is 2. The first-order valence-corrected chi connectivity index (χ1v) is 9.03. The van der Waals surface area contributed by atoms with Crippen LogP contribution in [0.15, 0.2) is 48.5 Å². The molecule has 4 nitrogen and oxygen atoms in total. The molecule has 5 heteroatoms. The highest BCUT2D eigenvalue weighted by atomic mass is 19.1. The fraction of sp³-hybridized carbons (Fsp3) is 0.273. The fourth-order valence-electron chi connectivity index (χ4n) is 3.19. The van der Waals surface area contributed by atoms with Crippen LogP contribution in [-0.2, 0) is 4.74 Å². The summed E-state index contributed by atoms with van der Waals surface area (Å²) in [5.74, 6) is -0.210. The molecule has 0 aliphatic carbocycles. The van der Waals surface area contributed by atoms with Gasteiger partial charge in [-0.05, 0) is 55.8 Å². The van der Waals surface area contributed by atoms with Gasteiger partial charge in [-0.2, -0.15) is 0 Å². The molecule has 0 amide bonds. The van der Waals surface area contributed by atoms with Crippen LogP contribution in [0.5, 0.6) is 0 Å². The van der Waals surface area contributed by atoms with E-state index in [-0.39, 0.29) is 11.7 Å². The normalized spacial score (nSPS) is 12.1. The van der Waals surface area contributed by atoms with Gasteiger partial charge in [-0.15, -0.1) is 0 Å². The molecule has 1 aromatic heterocycles. The summed E-state index contributed by atoms with van der Waals surface area (Å²) in [5.41, 5.74) is 4.85. The van der Waals surface area contributed by atoms with Gasteiger partial charge in [-0.1, -0.05) is 13.0 Å². The predicted molar refractivity (Wildman–Crippen MR) is 109 cm³/mol. The molecule has 0 unspecified atom stereocenters. The van der Waals surface area contributed by atoms with Gasteiger partial charge in [0.2, 0.25) is 0 Å². The minimum Gasteiger partial charge on any atom is -0.384 e. The van der Waals surface area contributed by atoms with Gasteiger partial charge in [-0.3, -0.25) is 4.98 Å². The van der Waals surface area contributed by atoms with Gasteiger partial charge < -0.3 is 15.5 Å². The topological polar surface area (TPSA) is 58.0 Å². The lowest BCUT2D eigenvalue weighted by atomic mass is 9.92. The van der Waals surface area contributed by atoms with Crippen molar-refractivity contribution in [3.63, 3.8) is 0 Å². The maximum absolute atomic E-state index is 13.1. The maximum Gasteiger partial charge on any atom is 0.123 e. The van der Waals surface area contributed by atoms with Gasteiger partial charge in [0.25, 0.3) is 0 Å². The summed E-state index contributed by atoms with van der Waals surface area (Å²) in [6, 6.07) is 14.1. The van der Waals surface area contributed by atoms with E-state index >= 15 is 0 Å². The van der Waals surface area contributed by atoms with E-state index in [0.717, 1.165) is 40.0 Å². The van der Waals surface area contributed by atoms with Crippen molar-refractivity contribution in [1.29, 1.82) is 5.41 Å². The van der Waals surface area contributed by atoms with Crippen molar-refractivity contribution < 1.29 is 9.13 Å². The van der Waals surface area contributed by atoms with Crippen LogP contribution in [-0.4, -0.2) is 24.4 Å². The first-order chi connectivity index (χ1) is 13.0. The predicted octanol–water partition coefficient (Wildman–Crippen LogP) is 5.47. The molecule has 0 bridgehead atoms. The Balaban J connectivity index is 1.97. The smallest absolute Gasteiger partial charge is 0.123 e. The van der Waals surface area contributed by atoms with Crippen LogP contribution >= 0.6 is 0 Å². The van der Waals surface area contributed by atoms with Crippen LogP contribution in [0, 0.1) is 24.1 Å². The van der Waals surface area contributed by atoms with Crippen LogP contribution < -0.4 is 5.32 Å². The minimum absolute atomic E-state index is 0.0528. The van der Waals surface area contributed by atoms with Crippen molar-refractivity contribution in [2.45, 2.75) is 20.3 Å². The van der Waals surface area contributed by atoms with E-state index in [1.807, 2.05) is 31.2 Å². The van der Waals surface area contributed by atoms with Crippen LogP contribution in [0.1, 0.15) is 24.6 Å². The zero-order valence-corrected chi connectivity index (χ0v) is 15.8. The summed E-state index contributed by atoms with van der Waals surface area (Å²) in [6.45, 7) is 4.54. The third kappa shape index (κ3) is 4.31. The number of anilines is 2. The van der Waals surface area contributed by atoms with Crippen LogP contribution in [0.3, 0.4) is 0 Å². The van der Waals surface area contributed by atoms with Crippen LogP contribution in [0.4, 0.5) is 15.8 Å². The van der Waals surface area contributed by atoms with E-state index in [1.165, 1.54) is 12.1 Å². The number of ether oxygens (including phenoxy) is 1. The van der Waals surface area contributed by atoms with Crippen LogP contribution in [0.25, 0.3) is 10.9 Å². The largest absolute Gasteiger partial charge is 0.384 e. The summed E-state index contributed by atoms with van der Waals surface area (Å²) in [7, 11) is 1.67. The van der Waals surface area contributed by atoms with Crippen molar-refractivity contribution in [3.05, 3.63) is 65.6 Å². The number of hydrogen-bond acceptors (Lipinski definition) is 4. The molecular weight excluding hydrogens is 341 g/mol. The zero-order chi connectivity index (χ0) is 19.4. The Morgan fingerprint density at radius 1 is 1.15 bits per heavy atom. The number of nitrogens with zero attached hydrogens (tertiary/aromatic N) is 1. The summed E-state index contributed by atoms with van der Waals surface area (Å²) < 4.78 is 18.4. The average Bonchev–Trinajstić information content (AvgIpc) is 2.66. The highest BCUT2D eigenvalue weighted by Crippen LogP contribution is 2.27. The lowest BCUT2D eigenvalue weighted by molar-refractivity contribution is 0.174. The summed E-state index contributed by atoms with van der Waals surface area (Å²) >= 11 is 0. The molecule has 1 heterocycles. The Labute approximate surface area is 158 Å². The molecule has 1 atom stereocenters. The van der Waals surface area contributed by atoms with Crippen molar-refractivity contribution >= 4 is 28.0 Å². The lowest BCUT2D eigenvalue weighted by Crippen LogP contribution is -2.19. The molecule has 0 fully saturated rings. The van der Waals surface area contributed by atoms with E-state index in [9.17, 15) is 4.39 Å². The number of benzene rings is 2. The van der Waals surface area contributed by atoms with Crippen molar-refractivity contribution in [3.8, 4) is 0 Å². The highest BCUT2D eigenvalue weighted by Gasteiger charge is 2.18. The van der Waals surface area contributed by atoms with Crippen molar-refractivity contribution in [2.75, 3.05) is 19.0 Å². The van der Waals surface area contributed by atoms with E-state index in [4.69, 9.17) is 10.1 Å². The summed E-state index contributed by atoms with van der Waals surface area (Å²) in [5, 5.41) is 12.9. The molecule has 27 heavy (non-hydrogen) atoms. The molecule has 3 rings (SSSR count). The van der Waals surface area contributed by atoms with Gasteiger partial charge >= 0.3 is 0 Å². The molecular formula is C22H24FN3O. The van der Waals surface area contributed by atoms with Gasteiger partial charge in [0.1, 0.15) is 5.82 Å². The monoisotopic (exact) mass is 365 g/mol. The summed E-state index contributed by atoms with van der Waals surface area (Å²) in [4.78, 5) is 4.64. The second-order valence-corrected chi connectivity index (χ2v) is 6.65. The number of aryl methyl sites for hydroxylation is 1.